The predicted molar refractivity (Wildman–Crippen MR) is 62.9 cm³/mol. The van der Waals surface area contributed by atoms with Crippen LogP contribution in [0.25, 0.3) is 0 Å². The van der Waals surface area contributed by atoms with Gasteiger partial charge in [-0.1, -0.05) is 0 Å². The third kappa shape index (κ3) is 2.89. The van der Waals surface area contributed by atoms with Gasteiger partial charge in [-0.3, -0.25) is 10.1 Å². The zero-order valence-electron chi connectivity index (χ0n) is 8.81. The van der Waals surface area contributed by atoms with Gasteiger partial charge in [0.25, 0.3) is 0 Å². The molecule has 2 rings (SSSR count). The molecule has 16 heavy (non-hydrogen) atoms. The Kier molecular flexibility index (Phi) is 3.68. The minimum Gasteiger partial charge on any atom is -0.359 e. The van der Waals surface area contributed by atoms with Crippen LogP contribution in [0.15, 0.2) is 6.20 Å². The summed E-state index contributed by atoms with van der Waals surface area (Å²) in [4.78, 5) is 14.1. The van der Waals surface area contributed by atoms with Crippen LogP contribution in [0, 0.1) is 10.1 Å². The van der Waals surface area contributed by atoms with Crippen LogP contribution >= 0.6 is 11.3 Å². The first-order chi connectivity index (χ1) is 7.75. The van der Waals surface area contributed by atoms with E-state index in [4.69, 9.17) is 0 Å². The summed E-state index contributed by atoms with van der Waals surface area (Å²) in [5.41, 5.74) is 0. The first-order valence-electron chi connectivity index (χ1n) is 5.33. The zero-order chi connectivity index (χ0) is 11.4. The van der Waals surface area contributed by atoms with Gasteiger partial charge in [0.2, 0.25) is 0 Å². The van der Waals surface area contributed by atoms with Crippen LogP contribution in [0.4, 0.5) is 10.1 Å². The number of thiazole rings is 1. The SMILES string of the molecule is O=[N+]([O-])c1cnc(NC2CCCNCC2)s1. The predicted octanol–water partition coefficient (Wildman–Crippen LogP) is 1.61. The maximum absolute atomic E-state index is 10.5. The van der Waals surface area contributed by atoms with Crippen molar-refractivity contribution in [2.24, 2.45) is 0 Å². The highest BCUT2D eigenvalue weighted by molar-refractivity contribution is 7.18. The third-order valence-corrected chi connectivity index (χ3v) is 3.46. The Balaban J connectivity index is 1.94. The molecule has 1 aliphatic rings. The normalized spacial score (nSPS) is 21.4. The standard InChI is InChI=1S/C9H14N4O2S/c14-13(15)8-6-11-9(16-8)12-7-2-1-4-10-5-3-7/h6-7,10H,1-5H2,(H,11,12). The van der Waals surface area contributed by atoms with Crippen LogP contribution in [-0.2, 0) is 0 Å². The Morgan fingerprint density at radius 2 is 2.44 bits per heavy atom. The molecule has 1 aromatic heterocycles. The minimum absolute atomic E-state index is 0.0919. The van der Waals surface area contributed by atoms with Crippen LogP contribution in [0.2, 0.25) is 0 Å². The summed E-state index contributed by atoms with van der Waals surface area (Å²) in [5.74, 6) is 0. The molecule has 1 aliphatic heterocycles. The Bertz CT molecular complexity index is 360. The van der Waals surface area contributed by atoms with Gasteiger partial charge in [0.1, 0.15) is 6.20 Å². The summed E-state index contributed by atoms with van der Waals surface area (Å²) in [6, 6.07) is 0.376. The lowest BCUT2D eigenvalue weighted by atomic mass is 10.1. The van der Waals surface area contributed by atoms with E-state index in [1.54, 1.807) is 0 Å². The van der Waals surface area contributed by atoms with Crippen LogP contribution in [0.3, 0.4) is 0 Å². The first kappa shape index (κ1) is 11.3. The van der Waals surface area contributed by atoms with Gasteiger partial charge >= 0.3 is 5.00 Å². The Morgan fingerprint density at radius 1 is 1.56 bits per heavy atom. The van der Waals surface area contributed by atoms with E-state index in [2.05, 4.69) is 15.6 Å². The average molecular weight is 242 g/mol. The van der Waals surface area contributed by atoms with E-state index in [1.165, 1.54) is 6.20 Å². The molecule has 0 aliphatic carbocycles. The van der Waals surface area contributed by atoms with Gasteiger partial charge in [0.05, 0.1) is 4.92 Å². The first-order valence-corrected chi connectivity index (χ1v) is 6.15. The average Bonchev–Trinajstić information content (AvgIpc) is 2.56. The molecule has 88 valence electrons. The lowest BCUT2D eigenvalue weighted by Gasteiger charge is -2.14. The maximum Gasteiger partial charge on any atom is 0.345 e. The lowest BCUT2D eigenvalue weighted by Crippen LogP contribution is -2.21. The van der Waals surface area contributed by atoms with Crippen molar-refractivity contribution in [2.45, 2.75) is 25.3 Å². The highest BCUT2D eigenvalue weighted by Crippen LogP contribution is 2.26. The van der Waals surface area contributed by atoms with Crippen LogP contribution in [-0.4, -0.2) is 29.0 Å². The molecule has 6 nitrogen and oxygen atoms in total. The van der Waals surface area contributed by atoms with Crippen molar-refractivity contribution < 1.29 is 4.92 Å². The van der Waals surface area contributed by atoms with Crippen molar-refractivity contribution in [2.75, 3.05) is 18.4 Å². The number of aromatic nitrogens is 1. The molecule has 7 heteroatoms. The molecule has 0 bridgehead atoms. The van der Waals surface area contributed by atoms with E-state index in [0.29, 0.717) is 11.2 Å². The quantitative estimate of drug-likeness (QED) is 0.621. The molecular formula is C9H14N4O2S. The number of nitrogens with one attached hydrogen (secondary N) is 2. The topological polar surface area (TPSA) is 80.1 Å². The van der Waals surface area contributed by atoms with E-state index in [0.717, 1.165) is 43.7 Å². The molecule has 0 amide bonds. The fourth-order valence-corrected chi connectivity index (χ4v) is 2.46. The molecule has 1 unspecified atom stereocenters. The summed E-state index contributed by atoms with van der Waals surface area (Å²) < 4.78 is 0. The van der Waals surface area contributed by atoms with Crippen molar-refractivity contribution in [3.05, 3.63) is 16.3 Å². The van der Waals surface area contributed by atoms with Gasteiger partial charge in [-0.25, -0.2) is 4.98 Å². The molecule has 1 fully saturated rings. The molecule has 0 aromatic carbocycles. The number of hydrogen-bond donors (Lipinski definition) is 2. The van der Waals surface area contributed by atoms with Gasteiger partial charge in [0, 0.05) is 6.04 Å². The monoisotopic (exact) mass is 242 g/mol. The summed E-state index contributed by atoms with van der Waals surface area (Å²) in [6.45, 7) is 2.04. The van der Waals surface area contributed by atoms with E-state index < -0.39 is 4.92 Å². The summed E-state index contributed by atoms with van der Waals surface area (Å²) >= 11 is 1.10. The summed E-state index contributed by atoms with van der Waals surface area (Å²) in [6.07, 6.45) is 4.56. The van der Waals surface area contributed by atoms with Crippen LogP contribution < -0.4 is 10.6 Å². The summed E-state index contributed by atoms with van der Waals surface area (Å²) in [7, 11) is 0. The smallest absolute Gasteiger partial charge is 0.345 e. The molecule has 1 saturated heterocycles. The highest BCUT2D eigenvalue weighted by atomic mass is 32.1. The van der Waals surface area contributed by atoms with E-state index >= 15 is 0 Å². The molecule has 2 N–H and O–H groups in total. The van der Waals surface area contributed by atoms with Crippen molar-refractivity contribution in [1.82, 2.24) is 10.3 Å². The van der Waals surface area contributed by atoms with Gasteiger partial charge in [-0.2, -0.15) is 0 Å². The molecule has 1 atom stereocenters. The second-order valence-corrected chi connectivity index (χ2v) is 4.79. The second kappa shape index (κ2) is 5.22. The Morgan fingerprint density at radius 3 is 3.19 bits per heavy atom. The van der Waals surface area contributed by atoms with Crippen molar-refractivity contribution in [3.63, 3.8) is 0 Å². The van der Waals surface area contributed by atoms with E-state index in [-0.39, 0.29) is 5.00 Å². The summed E-state index contributed by atoms with van der Waals surface area (Å²) in [5, 5.41) is 17.8. The minimum atomic E-state index is -0.405. The van der Waals surface area contributed by atoms with E-state index in [9.17, 15) is 10.1 Å². The van der Waals surface area contributed by atoms with Gasteiger partial charge < -0.3 is 10.6 Å². The largest absolute Gasteiger partial charge is 0.359 e. The number of anilines is 1. The fraction of sp³-hybridized carbons (Fsp3) is 0.667. The van der Waals surface area contributed by atoms with Gasteiger partial charge in [-0.15, -0.1) is 0 Å². The Hall–Kier alpha value is -1.21. The zero-order valence-corrected chi connectivity index (χ0v) is 9.63. The highest BCUT2D eigenvalue weighted by Gasteiger charge is 2.16. The lowest BCUT2D eigenvalue weighted by molar-refractivity contribution is -0.380. The Labute approximate surface area is 97.2 Å². The maximum atomic E-state index is 10.5. The van der Waals surface area contributed by atoms with Crippen LogP contribution in [0.1, 0.15) is 19.3 Å². The molecule has 1 aromatic rings. The second-order valence-electron chi connectivity index (χ2n) is 3.78. The molecule has 2 heterocycles. The number of nitrogens with zero attached hydrogens (tertiary/aromatic N) is 2. The fourth-order valence-electron chi connectivity index (χ4n) is 1.75. The van der Waals surface area contributed by atoms with Gasteiger partial charge in [-0.05, 0) is 43.7 Å². The molecular weight excluding hydrogens is 228 g/mol. The number of rotatable bonds is 3. The van der Waals surface area contributed by atoms with Crippen molar-refractivity contribution in [1.29, 1.82) is 0 Å². The number of hydrogen-bond acceptors (Lipinski definition) is 6. The van der Waals surface area contributed by atoms with E-state index in [1.807, 2.05) is 0 Å². The third-order valence-electron chi connectivity index (χ3n) is 2.58. The molecule has 0 saturated carbocycles. The van der Waals surface area contributed by atoms with Crippen molar-refractivity contribution in [3.8, 4) is 0 Å². The number of nitro groups is 1. The molecule has 0 spiro atoms. The van der Waals surface area contributed by atoms with Crippen LogP contribution in [0.5, 0.6) is 0 Å². The van der Waals surface area contributed by atoms with Gasteiger partial charge in [0.15, 0.2) is 5.13 Å². The van der Waals surface area contributed by atoms with Crippen molar-refractivity contribution >= 4 is 21.5 Å². The molecule has 0 radical (unpaired) electrons.